The number of nitrogens with one attached hydrogen (secondary N) is 3. The molecule has 7 aromatic rings. The Morgan fingerprint density at radius 1 is 0.609 bits per heavy atom. The molecule has 0 amide bonds. The van der Waals surface area contributed by atoms with Gasteiger partial charge in [0.05, 0.1) is 37.8 Å². The van der Waals surface area contributed by atoms with Gasteiger partial charge in [-0.05, 0) is 85.3 Å². The number of nitrogen functional groups attached to an aromatic ring is 1. The summed E-state index contributed by atoms with van der Waals surface area (Å²) in [5.74, 6) is 2.93. The second-order valence-electron chi connectivity index (χ2n) is 16.1. The Morgan fingerprint density at radius 3 is 1.70 bits per heavy atom. The van der Waals surface area contributed by atoms with E-state index < -0.39 is 0 Å². The lowest BCUT2D eigenvalue weighted by Crippen LogP contribution is -2.36. The van der Waals surface area contributed by atoms with Gasteiger partial charge in [-0.3, -0.25) is 24.5 Å². The molecule has 11 rings (SSSR count). The Labute approximate surface area is 368 Å². The van der Waals surface area contributed by atoms with Crippen molar-refractivity contribution in [2.24, 2.45) is 0 Å². The maximum Gasteiger partial charge on any atom is 0.250 e. The molecule has 0 unspecified atom stereocenters. The average molecular weight is 858 g/mol. The van der Waals surface area contributed by atoms with Gasteiger partial charge < -0.3 is 49.8 Å². The number of aryl methyl sites for hydroxylation is 1. The first-order valence-corrected chi connectivity index (χ1v) is 21.4. The van der Waals surface area contributed by atoms with Crippen LogP contribution in [0.1, 0.15) is 33.5 Å². The smallest absolute Gasteiger partial charge is 0.250 e. The molecule has 15 nitrogen and oxygen atoms in total. The predicted molar refractivity (Wildman–Crippen MR) is 246 cm³/mol. The zero-order valence-corrected chi connectivity index (χ0v) is 35.4. The van der Waals surface area contributed by atoms with Crippen LogP contribution in [0.25, 0.3) is 22.8 Å². The number of morpholine rings is 2. The Hall–Kier alpha value is -7.49. The topological polar surface area (TPSA) is 186 Å². The maximum atomic E-state index is 12.5. The van der Waals surface area contributed by atoms with Crippen LogP contribution in [0.15, 0.2) is 113 Å². The maximum absolute atomic E-state index is 12.5. The van der Waals surface area contributed by atoms with Crippen LogP contribution in [-0.4, -0.2) is 77.5 Å². The number of hydrogen-bond donors (Lipinski definition) is 4. The number of benzene rings is 2. The Kier molecular flexibility index (Phi) is 11.2. The van der Waals surface area contributed by atoms with Crippen molar-refractivity contribution in [1.29, 1.82) is 0 Å². The summed E-state index contributed by atoms with van der Waals surface area (Å²) in [6.07, 6.45) is 6.78. The summed E-state index contributed by atoms with van der Waals surface area (Å²) in [7, 11) is 0. The van der Waals surface area contributed by atoms with Crippen molar-refractivity contribution in [3.05, 3.63) is 158 Å². The number of ether oxygens (including phenoxy) is 4. The number of aromatic amines is 2. The van der Waals surface area contributed by atoms with E-state index in [-0.39, 0.29) is 11.1 Å². The summed E-state index contributed by atoms with van der Waals surface area (Å²) in [6.45, 7) is 8.36. The van der Waals surface area contributed by atoms with Gasteiger partial charge in [-0.1, -0.05) is 0 Å². The highest BCUT2D eigenvalue weighted by Crippen LogP contribution is 2.43. The molecule has 2 aromatic carbocycles. The van der Waals surface area contributed by atoms with E-state index in [1.165, 1.54) is 5.56 Å². The minimum Gasteiger partial charge on any atom is -0.454 e. The van der Waals surface area contributed by atoms with Crippen molar-refractivity contribution < 1.29 is 18.9 Å². The van der Waals surface area contributed by atoms with Crippen LogP contribution in [0.2, 0.25) is 0 Å². The van der Waals surface area contributed by atoms with Gasteiger partial charge in [0.2, 0.25) is 0 Å². The van der Waals surface area contributed by atoms with E-state index in [1.54, 1.807) is 24.5 Å². The molecule has 9 heterocycles. The molecule has 64 heavy (non-hydrogen) atoms. The summed E-state index contributed by atoms with van der Waals surface area (Å²) in [5.41, 5.74) is 18.0. The van der Waals surface area contributed by atoms with Gasteiger partial charge >= 0.3 is 0 Å². The van der Waals surface area contributed by atoms with Crippen LogP contribution >= 0.6 is 0 Å². The van der Waals surface area contributed by atoms with Crippen molar-refractivity contribution in [2.75, 3.05) is 73.5 Å². The molecule has 15 heteroatoms. The highest BCUT2D eigenvalue weighted by Gasteiger charge is 2.25. The lowest BCUT2D eigenvalue weighted by molar-refractivity contribution is 0.122. The standard InChI is InChI=1S/C28H27N5O3.C21H20N4O3/c1-18-12-19(4-6-29-18)17-31-22-2-3-25-21(14-22)13-20-5-7-30-27(28(20)36-25)24-15-23(16-26(34)32-24)33-8-10-35-11-9-33;22-15-1-2-18-14(10-15)9-13-3-4-23-20(21(13)28-18)17-11-16(12-19(26)24-17)25-5-7-27-8-6-25/h2-7,12,14-16,31H,8-11,13,17H2,1H3,(H,32,34);1-4,10-12H,5-9,22H2,(H,24,26). The summed E-state index contributed by atoms with van der Waals surface area (Å²) >= 11 is 0. The van der Waals surface area contributed by atoms with E-state index in [1.807, 2.05) is 73.8 Å². The van der Waals surface area contributed by atoms with E-state index >= 15 is 0 Å². The second-order valence-corrected chi connectivity index (χ2v) is 16.1. The molecule has 0 aliphatic carbocycles. The molecule has 4 aliphatic rings. The molecule has 2 fully saturated rings. The number of nitrogens with two attached hydrogens (primary N) is 1. The number of aromatic nitrogens is 5. The number of nitrogens with zero attached hydrogens (tertiary/aromatic N) is 5. The van der Waals surface area contributed by atoms with E-state index in [9.17, 15) is 9.59 Å². The number of hydrogen-bond acceptors (Lipinski definition) is 13. The van der Waals surface area contributed by atoms with E-state index in [4.69, 9.17) is 24.7 Å². The second kappa shape index (κ2) is 17.7. The van der Waals surface area contributed by atoms with Crippen molar-refractivity contribution >= 4 is 22.7 Å². The van der Waals surface area contributed by atoms with Crippen molar-refractivity contribution in [2.45, 2.75) is 26.3 Å². The van der Waals surface area contributed by atoms with Gasteiger partial charge in [0.1, 0.15) is 22.9 Å². The molecule has 5 aromatic heterocycles. The van der Waals surface area contributed by atoms with E-state index in [0.717, 1.165) is 95.7 Å². The van der Waals surface area contributed by atoms with Gasteiger partial charge in [-0.2, -0.15) is 0 Å². The zero-order chi connectivity index (χ0) is 43.6. The highest BCUT2D eigenvalue weighted by molar-refractivity contribution is 5.72. The molecule has 0 radical (unpaired) electrons. The minimum absolute atomic E-state index is 0.162. The first-order chi connectivity index (χ1) is 31.3. The van der Waals surface area contributed by atoms with Crippen LogP contribution in [-0.2, 0) is 28.9 Å². The number of rotatable bonds is 7. The Balaban J connectivity index is 0.000000156. The van der Waals surface area contributed by atoms with Gasteiger partial charge in [0.25, 0.3) is 11.1 Å². The summed E-state index contributed by atoms with van der Waals surface area (Å²) in [4.78, 5) is 48.4. The van der Waals surface area contributed by atoms with Crippen molar-refractivity contribution in [1.82, 2.24) is 24.9 Å². The fourth-order valence-corrected chi connectivity index (χ4v) is 8.50. The van der Waals surface area contributed by atoms with E-state index in [2.05, 4.69) is 52.2 Å². The SMILES string of the molecule is Cc1cc(CNc2ccc3c(c2)Cc2ccnc(-c4cc(N5CCOCC5)cc(=O)[nH]4)c2O3)ccn1.Nc1ccc2c(c1)Cc1ccnc(-c3cc(N4CCOCC4)cc(=O)[nH]3)c1O2. The van der Waals surface area contributed by atoms with Gasteiger partial charge in [0.15, 0.2) is 11.5 Å². The average Bonchev–Trinajstić information content (AvgIpc) is 3.32. The van der Waals surface area contributed by atoms with E-state index in [0.29, 0.717) is 72.8 Å². The highest BCUT2D eigenvalue weighted by atomic mass is 16.5. The first kappa shape index (κ1) is 40.6. The summed E-state index contributed by atoms with van der Waals surface area (Å²) in [6, 6.07) is 27.0. The number of anilines is 4. The third-order valence-corrected chi connectivity index (χ3v) is 11.7. The Bertz CT molecular complexity index is 2980. The third-order valence-electron chi connectivity index (χ3n) is 11.7. The number of fused-ring (bicyclic) bond motifs is 4. The molecular formula is C49H47N9O6. The normalized spacial score (nSPS) is 15.0. The molecule has 0 spiro atoms. The monoisotopic (exact) mass is 857 g/mol. The third kappa shape index (κ3) is 8.76. The van der Waals surface area contributed by atoms with Gasteiger partial charge in [-0.25, -0.2) is 0 Å². The summed E-state index contributed by atoms with van der Waals surface area (Å²) in [5, 5.41) is 3.49. The first-order valence-electron chi connectivity index (χ1n) is 21.4. The van der Waals surface area contributed by atoms with Gasteiger partial charge in [0, 0.05) is 127 Å². The fraction of sp³-hybridized carbons (Fsp3) is 0.245. The molecule has 0 saturated carbocycles. The lowest BCUT2D eigenvalue weighted by Gasteiger charge is -2.29. The molecule has 2 saturated heterocycles. The number of pyridine rings is 5. The lowest BCUT2D eigenvalue weighted by atomic mass is 9.99. The van der Waals surface area contributed by atoms with Gasteiger partial charge in [-0.15, -0.1) is 0 Å². The van der Waals surface area contributed by atoms with Crippen LogP contribution in [0.4, 0.5) is 22.7 Å². The van der Waals surface area contributed by atoms with Crippen molar-refractivity contribution in [3.63, 3.8) is 0 Å². The van der Waals surface area contributed by atoms with Crippen molar-refractivity contribution in [3.8, 4) is 45.8 Å². The molecule has 4 aliphatic heterocycles. The molecule has 0 atom stereocenters. The minimum atomic E-state index is -0.164. The molecular weight excluding hydrogens is 811 g/mol. The largest absolute Gasteiger partial charge is 0.454 e. The quantitative estimate of drug-likeness (QED) is 0.122. The zero-order valence-electron chi connectivity index (χ0n) is 35.4. The predicted octanol–water partition coefficient (Wildman–Crippen LogP) is 6.84. The number of H-pyrrole nitrogens is 2. The summed E-state index contributed by atoms with van der Waals surface area (Å²) < 4.78 is 23.4. The van der Waals surface area contributed by atoms with Crippen LogP contribution in [0.5, 0.6) is 23.0 Å². The van der Waals surface area contributed by atoms with Crippen LogP contribution in [0, 0.1) is 6.92 Å². The molecule has 324 valence electrons. The fourth-order valence-electron chi connectivity index (χ4n) is 8.50. The van der Waals surface area contributed by atoms with Crippen LogP contribution < -0.4 is 41.4 Å². The molecule has 5 N–H and O–H groups in total. The molecule has 0 bridgehead atoms. The van der Waals surface area contributed by atoms with Crippen LogP contribution in [0.3, 0.4) is 0 Å². The Morgan fingerprint density at radius 2 is 1.14 bits per heavy atom.